The smallest absolute Gasteiger partial charge is 0.293 e. The molecule has 1 aliphatic heterocycles. The van der Waals surface area contributed by atoms with Gasteiger partial charge in [-0.05, 0) is 25.0 Å². The number of nitro benzene ring substituents is 1. The summed E-state index contributed by atoms with van der Waals surface area (Å²) in [5, 5.41) is 10.8. The van der Waals surface area contributed by atoms with E-state index in [1.54, 1.807) is 17.9 Å². The fraction of sp³-hybridized carbons (Fsp3) is 0.364. The molecule has 0 spiro atoms. The molecule has 0 unspecified atom stereocenters. The molecule has 1 aromatic carbocycles. The molecule has 0 radical (unpaired) electrons. The largest absolute Gasteiger partial charge is 0.393 e. The predicted molar refractivity (Wildman–Crippen MR) is 62.8 cm³/mol. The van der Waals surface area contributed by atoms with Crippen molar-refractivity contribution in [3.05, 3.63) is 33.4 Å². The Morgan fingerprint density at radius 2 is 2.12 bits per heavy atom. The molecule has 1 fully saturated rings. The van der Waals surface area contributed by atoms with E-state index in [9.17, 15) is 14.9 Å². The Labute approximate surface area is 98.2 Å². The lowest BCUT2D eigenvalue weighted by Crippen LogP contribution is -2.42. The maximum atomic E-state index is 12.0. The molecular weight excluding hydrogens is 222 g/mol. The van der Waals surface area contributed by atoms with Gasteiger partial charge in [0.2, 0.25) is 0 Å². The molecule has 1 aromatic rings. The van der Waals surface area contributed by atoms with Crippen molar-refractivity contribution in [2.75, 3.05) is 18.8 Å². The van der Waals surface area contributed by atoms with E-state index in [1.807, 2.05) is 0 Å². The quantitative estimate of drug-likeness (QED) is 0.475. The second-order valence-electron chi connectivity index (χ2n) is 4.15. The lowest BCUT2D eigenvalue weighted by molar-refractivity contribution is -0.384. The summed E-state index contributed by atoms with van der Waals surface area (Å²) in [6.45, 7) is 3.10. The van der Waals surface area contributed by atoms with Gasteiger partial charge in [0, 0.05) is 19.2 Å². The molecule has 6 heteroatoms. The van der Waals surface area contributed by atoms with Gasteiger partial charge in [-0.2, -0.15) is 0 Å². The number of anilines is 1. The van der Waals surface area contributed by atoms with Gasteiger partial charge in [-0.15, -0.1) is 0 Å². The van der Waals surface area contributed by atoms with Crippen molar-refractivity contribution in [2.24, 2.45) is 0 Å². The number of carbonyl (C=O) groups is 1. The summed E-state index contributed by atoms with van der Waals surface area (Å²) in [6.07, 6.45) is 0.972. The predicted octanol–water partition coefficient (Wildman–Crippen LogP) is 1.33. The molecule has 0 aliphatic carbocycles. The Kier molecular flexibility index (Phi) is 2.71. The third kappa shape index (κ3) is 1.93. The third-order valence-corrected chi connectivity index (χ3v) is 2.87. The molecule has 1 amide bonds. The van der Waals surface area contributed by atoms with Crippen LogP contribution in [0.4, 0.5) is 11.4 Å². The summed E-state index contributed by atoms with van der Waals surface area (Å²) in [5.74, 6) is -0.222. The second kappa shape index (κ2) is 4.04. The van der Waals surface area contributed by atoms with Crippen LogP contribution >= 0.6 is 0 Å². The van der Waals surface area contributed by atoms with Crippen molar-refractivity contribution >= 4 is 17.3 Å². The molecule has 2 rings (SSSR count). The van der Waals surface area contributed by atoms with Crippen LogP contribution < -0.4 is 5.73 Å². The van der Waals surface area contributed by atoms with Gasteiger partial charge in [0.15, 0.2) is 0 Å². The van der Waals surface area contributed by atoms with Crippen LogP contribution in [0.3, 0.4) is 0 Å². The van der Waals surface area contributed by atoms with Crippen LogP contribution in [0.2, 0.25) is 0 Å². The van der Waals surface area contributed by atoms with Crippen molar-refractivity contribution in [3.63, 3.8) is 0 Å². The molecule has 17 heavy (non-hydrogen) atoms. The van der Waals surface area contributed by atoms with Crippen LogP contribution in [0, 0.1) is 17.0 Å². The van der Waals surface area contributed by atoms with Gasteiger partial charge in [0.05, 0.1) is 10.5 Å². The first kappa shape index (κ1) is 11.4. The number of nitrogens with two attached hydrogens (primary N) is 1. The summed E-state index contributed by atoms with van der Waals surface area (Å²) in [5.41, 5.74) is 6.33. The van der Waals surface area contributed by atoms with Crippen LogP contribution in [0.15, 0.2) is 12.1 Å². The zero-order valence-corrected chi connectivity index (χ0v) is 9.47. The highest BCUT2D eigenvalue weighted by molar-refractivity contribution is 6.01. The first-order valence-electron chi connectivity index (χ1n) is 5.34. The van der Waals surface area contributed by atoms with Gasteiger partial charge in [0.1, 0.15) is 5.69 Å². The Hall–Kier alpha value is -2.11. The molecule has 6 nitrogen and oxygen atoms in total. The molecule has 1 saturated heterocycles. The standard InChI is InChI=1S/C11H13N3O3/c1-7-5-8(11(15)13-3-2-4-13)10(12)9(6-7)14(16)17/h5-6H,2-4,12H2,1H3. The molecular formula is C11H13N3O3. The summed E-state index contributed by atoms with van der Waals surface area (Å²) in [7, 11) is 0. The first-order valence-corrected chi connectivity index (χ1v) is 5.34. The van der Waals surface area contributed by atoms with E-state index in [1.165, 1.54) is 6.07 Å². The number of hydrogen-bond donors (Lipinski definition) is 1. The van der Waals surface area contributed by atoms with E-state index in [-0.39, 0.29) is 22.8 Å². The van der Waals surface area contributed by atoms with Gasteiger partial charge in [-0.3, -0.25) is 14.9 Å². The number of carbonyl (C=O) groups excluding carboxylic acids is 1. The summed E-state index contributed by atoms with van der Waals surface area (Å²) >= 11 is 0. The van der Waals surface area contributed by atoms with Crippen molar-refractivity contribution in [1.29, 1.82) is 0 Å². The van der Waals surface area contributed by atoms with E-state index >= 15 is 0 Å². The van der Waals surface area contributed by atoms with Crippen LogP contribution in [0.1, 0.15) is 22.3 Å². The van der Waals surface area contributed by atoms with Gasteiger partial charge in [-0.25, -0.2) is 0 Å². The highest BCUT2D eigenvalue weighted by atomic mass is 16.6. The number of nitrogen functional groups attached to an aromatic ring is 1. The van der Waals surface area contributed by atoms with Crippen molar-refractivity contribution in [3.8, 4) is 0 Å². The van der Waals surface area contributed by atoms with Crippen LogP contribution in [-0.2, 0) is 0 Å². The summed E-state index contributed by atoms with van der Waals surface area (Å²) in [6, 6.07) is 2.98. The zero-order chi connectivity index (χ0) is 12.6. The molecule has 0 atom stereocenters. The van der Waals surface area contributed by atoms with Gasteiger partial charge < -0.3 is 10.6 Å². The van der Waals surface area contributed by atoms with E-state index < -0.39 is 4.92 Å². The van der Waals surface area contributed by atoms with Crippen molar-refractivity contribution in [1.82, 2.24) is 4.90 Å². The molecule has 2 N–H and O–H groups in total. The van der Waals surface area contributed by atoms with Gasteiger partial charge >= 0.3 is 0 Å². The number of nitro groups is 1. The number of rotatable bonds is 2. The average Bonchev–Trinajstić information content (AvgIpc) is 2.17. The topological polar surface area (TPSA) is 89.5 Å². The lowest BCUT2D eigenvalue weighted by atomic mass is 10.0. The summed E-state index contributed by atoms with van der Waals surface area (Å²) in [4.78, 5) is 23.9. The Morgan fingerprint density at radius 3 is 2.59 bits per heavy atom. The van der Waals surface area contributed by atoms with Crippen LogP contribution in [-0.4, -0.2) is 28.8 Å². The lowest BCUT2D eigenvalue weighted by Gasteiger charge is -2.31. The summed E-state index contributed by atoms with van der Waals surface area (Å²) < 4.78 is 0. The molecule has 0 saturated carbocycles. The number of hydrogen-bond acceptors (Lipinski definition) is 4. The SMILES string of the molecule is Cc1cc(C(=O)N2CCC2)c(N)c([N+](=O)[O-])c1. The Morgan fingerprint density at radius 1 is 1.47 bits per heavy atom. The monoisotopic (exact) mass is 235 g/mol. The van der Waals surface area contributed by atoms with Crippen molar-refractivity contribution < 1.29 is 9.72 Å². The highest BCUT2D eigenvalue weighted by Crippen LogP contribution is 2.28. The first-order chi connectivity index (χ1) is 8.00. The van der Waals surface area contributed by atoms with E-state index in [0.29, 0.717) is 18.7 Å². The minimum atomic E-state index is -0.560. The molecule has 90 valence electrons. The Balaban J connectivity index is 2.45. The normalized spacial score (nSPS) is 14.3. The van der Waals surface area contributed by atoms with Gasteiger partial charge in [-0.1, -0.05) is 0 Å². The number of aryl methyl sites for hydroxylation is 1. The average molecular weight is 235 g/mol. The van der Waals surface area contributed by atoms with E-state index in [4.69, 9.17) is 5.73 Å². The number of likely N-dealkylation sites (tertiary alicyclic amines) is 1. The molecule has 0 bridgehead atoms. The van der Waals surface area contributed by atoms with E-state index in [2.05, 4.69) is 0 Å². The molecule has 1 aliphatic rings. The van der Waals surface area contributed by atoms with Gasteiger partial charge in [0.25, 0.3) is 11.6 Å². The number of nitrogens with zero attached hydrogens (tertiary/aromatic N) is 2. The fourth-order valence-electron chi connectivity index (χ4n) is 1.80. The number of amides is 1. The molecule has 1 heterocycles. The minimum absolute atomic E-state index is 0.0440. The second-order valence-corrected chi connectivity index (χ2v) is 4.15. The fourth-order valence-corrected chi connectivity index (χ4v) is 1.80. The van der Waals surface area contributed by atoms with Crippen LogP contribution in [0.25, 0.3) is 0 Å². The van der Waals surface area contributed by atoms with E-state index in [0.717, 1.165) is 6.42 Å². The minimum Gasteiger partial charge on any atom is -0.393 e. The number of benzene rings is 1. The highest BCUT2D eigenvalue weighted by Gasteiger charge is 2.26. The third-order valence-electron chi connectivity index (χ3n) is 2.87. The van der Waals surface area contributed by atoms with Crippen molar-refractivity contribution in [2.45, 2.75) is 13.3 Å². The van der Waals surface area contributed by atoms with Crippen LogP contribution in [0.5, 0.6) is 0 Å². The maximum Gasteiger partial charge on any atom is 0.293 e. The zero-order valence-electron chi connectivity index (χ0n) is 9.47. The maximum absolute atomic E-state index is 12.0. The Bertz CT molecular complexity index is 495. The molecule has 0 aromatic heterocycles.